The molecule has 0 saturated carbocycles. The van der Waals surface area contributed by atoms with Crippen LogP contribution in [0.4, 0.5) is 5.69 Å². The van der Waals surface area contributed by atoms with Crippen molar-refractivity contribution < 1.29 is 22.7 Å². The van der Waals surface area contributed by atoms with E-state index in [1.165, 1.54) is 17.7 Å². The maximum absolute atomic E-state index is 12.4. The van der Waals surface area contributed by atoms with Crippen molar-refractivity contribution in [3.05, 3.63) is 30.3 Å². The summed E-state index contributed by atoms with van der Waals surface area (Å²) in [4.78, 5) is 25.6. The van der Waals surface area contributed by atoms with Crippen molar-refractivity contribution >= 4 is 27.6 Å². The minimum Gasteiger partial charge on any atom is -0.469 e. The molecule has 7 nitrogen and oxygen atoms in total. The van der Waals surface area contributed by atoms with Crippen LogP contribution in [0.3, 0.4) is 0 Å². The molecule has 1 heterocycles. The van der Waals surface area contributed by atoms with E-state index in [0.717, 1.165) is 0 Å². The predicted molar refractivity (Wildman–Crippen MR) is 99.2 cm³/mol. The molecule has 1 aromatic carbocycles. The molecule has 0 radical (unpaired) electrons. The number of piperidine rings is 1. The zero-order chi connectivity index (χ0) is 19.2. The molecule has 1 aliphatic heterocycles. The summed E-state index contributed by atoms with van der Waals surface area (Å²) in [7, 11) is -2.03. The topological polar surface area (TPSA) is 84.0 Å². The fraction of sp³-hybridized carbons (Fsp3) is 0.556. The molecular weight excluding hydrogens is 356 g/mol. The Balaban J connectivity index is 1.84. The zero-order valence-electron chi connectivity index (χ0n) is 15.3. The summed E-state index contributed by atoms with van der Waals surface area (Å²) in [5.74, 6) is -0.360. The van der Waals surface area contributed by atoms with Crippen molar-refractivity contribution in [3.8, 4) is 0 Å². The number of carbonyl (C=O) groups excluding carboxylic acids is 2. The number of sulfonamides is 1. The maximum Gasteiger partial charge on any atom is 0.308 e. The van der Waals surface area contributed by atoms with Gasteiger partial charge in [-0.3, -0.25) is 13.9 Å². The van der Waals surface area contributed by atoms with E-state index in [9.17, 15) is 18.0 Å². The van der Waals surface area contributed by atoms with Crippen LogP contribution in [0.2, 0.25) is 0 Å². The molecule has 0 N–H and O–H groups in total. The Morgan fingerprint density at radius 2 is 1.81 bits per heavy atom. The number of para-hydroxylation sites is 1. The summed E-state index contributed by atoms with van der Waals surface area (Å²) < 4.78 is 30.1. The summed E-state index contributed by atoms with van der Waals surface area (Å²) in [6, 6.07) is 8.86. The molecule has 0 aromatic heterocycles. The molecule has 26 heavy (non-hydrogen) atoms. The van der Waals surface area contributed by atoms with Gasteiger partial charge in [-0.15, -0.1) is 0 Å². The van der Waals surface area contributed by atoms with Crippen molar-refractivity contribution in [1.82, 2.24) is 4.90 Å². The van der Waals surface area contributed by atoms with Gasteiger partial charge in [-0.1, -0.05) is 18.2 Å². The van der Waals surface area contributed by atoms with E-state index in [4.69, 9.17) is 4.74 Å². The fourth-order valence-corrected chi connectivity index (χ4v) is 4.11. The smallest absolute Gasteiger partial charge is 0.308 e. The van der Waals surface area contributed by atoms with Crippen LogP contribution in [0.1, 0.15) is 25.7 Å². The van der Waals surface area contributed by atoms with Crippen molar-refractivity contribution in [2.24, 2.45) is 5.92 Å². The van der Waals surface area contributed by atoms with Crippen molar-refractivity contribution in [3.63, 3.8) is 0 Å². The van der Waals surface area contributed by atoms with Crippen molar-refractivity contribution in [2.45, 2.75) is 25.7 Å². The highest BCUT2D eigenvalue weighted by Crippen LogP contribution is 2.20. The summed E-state index contributed by atoms with van der Waals surface area (Å²) in [6.45, 7) is 1.33. The van der Waals surface area contributed by atoms with Crippen LogP contribution >= 0.6 is 0 Å². The Kier molecular flexibility index (Phi) is 7.02. The number of likely N-dealkylation sites (tertiary alicyclic amines) is 1. The normalized spacial score (nSPS) is 15.5. The molecule has 144 valence electrons. The monoisotopic (exact) mass is 382 g/mol. The molecule has 1 aliphatic rings. The molecule has 0 atom stereocenters. The number of rotatable bonds is 7. The van der Waals surface area contributed by atoms with Crippen molar-refractivity contribution in [2.75, 3.05) is 37.3 Å². The lowest BCUT2D eigenvalue weighted by atomic mass is 9.97. The first-order valence-corrected chi connectivity index (χ1v) is 10.6. The van der Waals surface area contributed by atoms with E-state index in [-0.39, 0.29) is 30.8 Å². The van der Waals surface area contributed by atoms with Crippen LogP contribution in [0.5, 0.6) is 0 Å². The van der Waals surface area contributed by atoms with E-state index in [0.29, 0.717) is 38.0 Å². The second kappa shape index (κ2) is 9.02. The highest BCUT2D eigenvalue weighted by atomic mass is 32.2. The van der Waals surface area contributed by atoms with Crippen LogP contribution in [-0.2, 0) is 24.3 Å². The molecule has 0 aliphatic carbocycles. The third-order valence-electron chi connectivity index (χ3n) is 4.58. The highest BCUT2D eigenvalue weighted by molar-refractivity contribution is 7.92. The Morgan fingerprint density at radius 3 is 2.35 bits per heavy atom. The average molecular weight is 382 g/mol. The first-order chi connectivity index (χ1) is 12.3. The Bertz CT molecular complexity index is 712. The third-order valence-corrected chi connectivity index (χ3v) is 5.77. The van der Waals surface area contributed by atoms with Gasteiger partial charge < -0.3 is 9.64 Å². The van der Waals surface area contributed by atoms with Gasteiger partial charge in [0.05, 0.1) is 25.0 Å². The van der Waals surface area contributed by atoms with Crippen LogP contribution in [0, 0.1) is 5.92 Å². The van der Waals surface area contributed by atoms with Gasteiger partial charge in [-0.25, -0.2) is 8.42 Å². The molecule has 1 fully saturated rings. The lowest BCUT2D eigenvalue weighted by molar-refractivity contribution is -0.148. The Hall–Kier alpha value is -2.09. The van der Waals surface area contributed by atoms with Crippen molar-refractivity contribution in [1.29, 1.82) is 0 Å². The molecule has 0 spiro atoms. The number of anilines is 1. The minimum atomic E-state index is -3.40. The highest BCUT2D eigenvalue weighted by Gasteiger charge is 2.27. The number of hydrogen-bond donors (Lipinski definition) is 0. The quantitative estimate of drug-likeness (QED) is 0.670. The van der Waals surface area contributed by atoms with Gasteiger partial charge in [-0.05, 0) is 31.4 Å². The van der Waals surface area contributed by atoms with Gasteiger partial charge in [0.15, 0.2) is 0 Å². The molecular formula is C18H26N2O5S. The molecule has 8 heteroatoms. The standard InChI is InChI=1S/C18H26N2O5S/c1-25-18(22)15-10-13-19(14-11-15)17(21)9-6-12-20(26(2,23)24)16-7-4-3-5-8-16/h3-5,7-8,15H,6,9-14H2,1-2H3. The number of carbonyl (C=O) groups is 2. The summed E-state index contributed by atoms with van der Waals surface area (Å²) in [5, 5.41) is 0. The number of ether oxygens (including phenoxy) is 1. The number of methoxy groups -OCH3 is 1. The van der Waals surface area contributed by atoms with Gasteiger partial charge >= 0.3 is 5.97 Å². The van der Waals surface area contributed by atoms with Gasteiger partial charge in [-0.2, -0.15) is 0 Å². The second-order valence-electron chi connectivity index (χ2n) is 6.45. The van der Waals surface area contributed by atoms with Gasteiger partial charge in [0, 0.05) is 26.1 Å². The zero-order valence-corrected chi connectivity index (χ0v) is 16.1. The number of esters is 1. The number of nitrogens with zero attached hydrogens (tertiary/aromatic N) is 2. The largest absolute Gasteiger partial charge is 0.469 e. The summed E-state index contributed by atoms with van der Waals surface area (Å²) in [5.41, 5.74) is 0.598. The minimum absolute atomic E-state index is 0.00479. The molecule has 2 rings (SSSR count). The number of amides is 1. The van der Waals surface area contributed by atoms with Crippen LogP contribution in [-0.4, -0.2) is 58.2 Å². The number of benzene rings is 1. The molecule has 1 aromatic rings. The lowest BCUT2D eigenvalue weighted by Crippen LogP contribution is -2.40. The van der Waals surface area contributed by atoms with Crippen LogP contribution < -0.4 is 4.31 Å². The van der Waals surface area contributed by atoms with E-state index in [2.05, 4.69) is 0 Å². The van der Waals surface area contributed by atoms with E-state index in [1.807, 2.05) is 6.07 Å². The third kappa shape index (κ3) is 5.45. The summed E-state index contributed by atoms with van der Waals surface area (Å²) in [6.07, 6.45) is 3.11. The Morgan fingerprint density at radius 1 is 1.19 bits per heavy atom. The predicted octanol–water partition coefficient (Wildman–Crippen LogP) is 1.64. The lowest BCUT2D eigenvalue weighted by Gasteiger charge is -2.31. The van der Waals surface area contributed by atoms with E-state index in [1.54, 1.807) is 29.2 Å². The first-order valence-electron chi connectivity index (χ1n) is 8.71. The fourth-order valence-electron chi connectivity index (χ4n) is 3.14. The molecule has 0 bridgehead atoms. The van der Waals surface area contributed by atoms with Gasteiger partial charge in [0.25, 0.3) is 0 Å². The van der Waals surface area contributed by atoms with Crippen LogP contribution in [0.15, 0.2) is 30.3 Å². The molecule has 1 amide bonds. The second-order valence-corrected chi connectivity index (χ2v) is 8.36. The Labute approximate surface area is 155 Å². The van der Waals surface area contributed by atoms with E-state index >= 15 is 0 Å². The molecule has 1 saturated heterocycles. The first kappa shape index (κ1) is 20.2. The SMILES string of the molecule is COC(=O)C1CCN(C(=O)CCCN(c2ccccc2)S(C)(=O)=O)CC1. The van der Waals surface area contributed by atoms with E-state index < -0.39 is 10.0 Å². The molecule has 0 unspecified atom stereocenters. The number of hydrogen-bond acceptors (Lipinski definition) is 5. The van der Waals surface area contributed by atoms with Crippen LogP contribution in [0.25, 0.3) is 0 Å². The average Bonchev–Trinajstić information content (AvgIpc) is 2.64. The van der Waals surface area contributed by atoms with Gasteiger partial charge in [0.1, 0.15) is 0 Å². The van der Waals surface area contributed by atoms with Gasteiger partial charge in [0.2, 0.25) is 15.9 Å². The summed E-state index contributed by atoms with van der Waals surface area (Å²) >= 11 is 0. The maximum atomic E-state index is 12.4.